The van der Waals surface area contributed by atoms with Gasteiger partial charge in [0.25, 0.3) is 5.91 Å². The van der Waals surface area contributed by atoms with Crippen LogP contribution in [0.25, 0.3) is 0 Å². The first-order chi connectivity index (χ1) is 9.53. The van der Waals surface area contributed by atoms with Gasteiger partial charge in [0.15, 0.2) is 6.10 Å². The molecular formula is C16H26N2O2. The Kier molecular flexibility index (Phi) is 6.52. The molecule has 0 heterocycles. The number of carbonyl (C=O) groups excluding carboxylic acids is 1. The van der Waals surface area contributed by atoms with Crippen LogP contribution in [0.15, 0.2) is 24.3 Å². The van der Waals surface area contributed by atoms with Crippen LogP contribution in [0.4, 0.5) is 0 Å². The standard InChI is InChI=1S/C16H26N2O2/c1-5-15(17)13-8-10-14(11-9-13)20-12(4)16(19)18(6-2)7-3/h8-12,15H,5-7,17H2,1-4H3/t12?,15-/m1/s1. The van der Waals surface area contributed by atoms with Crippen molar-refractivity contribution in [1.82, 2.24) is 4.90 Å². The Balaban J connectivity index is 2.66. The molecule has 2 atom stereocenters. The van der Waals surface area contributed by atoms with Crippen molar-refractivity contribution in [2.45, 2.75) is 46.3 Å². The van der Waals surface area contributed by atoms with E-state index in [1.165, 1.54) is 0 Å². The summed E-state index contributed by atoms with van der Waals surface area (Å²) in [5, 5.41) is 0. The molecule has 0 aliphatic carbocycles. The third-order valence-electron chi connectivity index (χ3n) is 3.48. The van der Waals surface area contributed by atoms with Gasteiger partial charge < -0.3 is 15.4 Å². The summed E-state index contributed by atoms with van der Waals surface area (Å²) in [5.41, 5.74) is 7.05. The summed E-state index contributed by atoms with van der Waals surface area (Å²) >= 11 is 0. The molecule has 1 aromatic rings. The van der Waals surface area contributed by atoms with Gasteiger partial charge in [-0.3, -0.25) is 4.79 Å². The zero-order valence-electron chi connectivity index (χ0n) is 12.9. The van der Waals surface area contributed by atoms with E-state index in [4.69, 9.17) is 10.5 Å². The largest absolute Gasteiger partial charge is 0.481 e. The third-order valence-corrected chi connectivity index (χ3v) is 3.48. The number of amides is 1. The van der Waals surface area contributed by atoms with Gasteiger partial charge >= 0.3 is 0 Å². The van der Waals surface area contributed by atoms with Crippen LogP contribution in [0.2, 0.25) is 0 Å². The Labute approximate surface area is 121 Å². The van der Waals surface area contributed by atoms with Crippen molar-refractivity contribution >= 4 is 5.91 Å². The van der Waals surface area contributed by atoms with Crippen molar-refractivity contribution in [2.24, 2.45) is 5.73 Å². The summed E-state index contributed by atoms with van der Waals surface area (Å²) < 4.78 is 5.70. The minimum absolute atomic E-state index is 0.0179. The van der Waals surface area contributed by atoms with Crippen LogP contribution in [0, 0.1) is 0 Å². The molecule has 0 fully saturated rings. The number of nitrogens with zero attached hydrogens (tertiary/aromatic N) is 1. The van der Waals surface area contributed by atoms with E-state index in [-0.39, 0.29) is 11.9 Å². The van der Waals surface area contributed by atoms with E-state index in [9.17, 15) is 4.79 Å². The highest BCUT2D eigenvalue weighted by Gasteiger charge is 2.19. The summed E-state index contributed by atoms with van der Waals surface area (Å²) in [5.74, 6) is 0.717. The van der Waals surface area contributed by atoms with Gasteiger partial charge in [-0.25, -0.2) is 0 Å². The average Bonchev–Trinajstić information content (AvgIpc) is 2.48. The molecule has 20 heavy (non-hydrogen) atoms. The number of benzene rings is 1. The number of ether oxygens (including phenoxy) is 1. The molecule has 0 radical (unpaired) electrons. The average molecular weight is 278 g/mol. The van der Waals surface area contributed by atoms with Crippen LogP contribution < -0.4 is 10.5 Å². The van der Waals surface area contributed by atoms with Crippen molar-refractivity contribution in [3.8, 4) is 5.75 Å². The van der Waals surface area contributed by atoms with Gasteiger partial charge in [0.05, 0.1) is 0 Å². The summed E-state index contributed by atoms with van der Waals surface area (Å²) in [4.78, 5) is 13.9. The Hall–Kier alpha value is -1.55. The van der Waals surface area contributed by atoms with E-state index in [1.54, 1.807) is 11.8 Å². The van der Waals surface area contributed by atoms with Crippen molar-refractivity contribution < 1.29 is 9.53 Å². The van der Waals surface area contributed by atoms with Gasteiger partial charge in [-0.15, -0.1) is 0 Å². The minimum Gasteiger partial charge on any atom is -0.481 e. The first-order valence-corrected chi connectivity index (χ1v) is 7.34. The monoisotopic (exact) mass is 278 g/mol. The summed E-state index contributed by atoms with van der Waals surface area (Å²) in [6.45, 7) is 9.18. The Morgan fingerprint density at radius 3 is 2.20 bits per heavy atom. The van der Waals surface area contributed by atoms with E-state index in [1.807, 2.05) is 38.1 Å². The van der Waals surface area contributed by atoms with E-state index >= 15 is 0 Å². The molecule has 112 valence electrons. The number of hydrogen-bond acceptors (Lipinski definition) is 3. The van der Waals surface area contributed by atoms with Gasteiger partial charge in [-0.2, -0.15) is 0 Å². The Morgan fingerprint density at radius 2 is 1.75 bits per heavy atom. The van der Waals surface area contributed by atoms with Crippen LogP contribution >= 0.6 is 0 Å². The molecule has 1 rings (SSSR count). The maximum Gasteiger partial charge on any atom is 0.263 e. The molecular weight excluding hydrogens is 252 g/mol. The second-order valence-electron chi connectivity index (χ2n) is 4.85. The van der Waals surface area contributed by atoms with E-state index in [2.05, 4.69) is 6.92 Å². The smallest absolute Gasteiger partial charge is 0.263 e. The Morgan fingerprint density at radius 1 is 1.20 bits per heavy atom. The fourth-order valence-electron chi connectivity index (χ4n) is 2.08. The van der Waals surface area contributed by atoms with E-state index in [0.717, 1.165) is 12.0 Å². The summed E-state index contributed by atoms with van der Waals surface area (Å²) in [7, 11) is 0. The van der Waals surface area contributed by atoms with Crippen molar-refractivity contribution in [2.75, 3.05) is 13.1 Å². The molecule has 0 aromatic heterocycles. The SMILES string of the molecule is CC[C@@H](N)c1ccc(OC(C)C(=O)N(CC)CC)cc1. The predicted molar refractivity (Wildman–Crippen MR) is 81.7 cm³/mol. The fourth-order valence-corrected chi connectivity index (χ4v) is 2.08. The van der Waals surface area contributed by atoms with Crippen LogP contribution in [0.5, 0.6) is 5.75 Å². The molecule has 0 aliphatic rings. The molecule has 2 N–H and O–H groups in total. The highest BCUT2D eigenvalue weighted by molar-refractivity contribution is 5.80. The first-order valence-electron chi connectivity index (χ1n) is 7.34. The summed E-state index contributed by atoms with van der Waals surface area (Å²) in [6.07, 6.45) is 0.428. The van der Waals surface area contributed by atoms with Gasteiger partial charge in [0, 0.05) is 19.1 Å². The molecule has 1 aromatic carbocycles. The van der Waals surface area contributed by atoms with Gasteiger partial charge in [0.2, 0.25) is 0 Å². The van der Waals surface area contributed by atoms with E-state index < -0.39 is 6.10 Å². The number of likely N-dealkylation sites (N-methyl/N-ethyl adjacent to an activating group) is 1. The number of rotatable bonds is 7. The predicted octanol–water partition coefficient (Wildman–Crippen LogP) is 2.73. The molecule has 1 amide bonds. The van der Waals surface area contributed by atoms with Crippen molar-refractivity contribution in [1.29, 1.82) is 0 Å². The molecule has 0 aliphatic heterocycles. The number of nitrogens with two attached hydrogens (primary N) is 1. The quantitative estimate of drug-likeness (QED) is 0.834. The lowest BCUT2D eigenvalue weighted by Gasteiger charge is -2.23. The lowest BCUT2D eigenvalue weighted by atomic mass is 10.1. The van der Waals surface area contributed by atoms with Gasteiger partial charge in [-0.1, -0.05) is 19.1 Å². The number of hydrogen-bond donors (Lipinski definition) is 1. The highest BCUT2D eigenvalue weighted by atomic mass is 16.5. The van der Waals surface area contributed by atoms with E-state index in [0.29, 0.717) is 18.8 Å². The lowest BCUT2D eigenvalue weighted by molar-refractivity contribution is -0.137. The van der Waals surface area contributed by atoms with Gasteiger partial charge in [-0.05, 0) is 44.9 Å². The molecule has 4 nitrogen and oxygen atoms in total. The minimum atomic E-state index is -0.472. The topological polar surface area (TPSA) is 55.6 Å². The maximum absolute atomic E-state index is 12.1. The van der Waals surface area contributed by atoms with Crippen LogP contribution in [0.1, 0.15) is 45.7 Å². The van der Waals surface area contributed by atoms with Gasteiger partial charge in [0.1, 0.15) is 5.75 Å². The zero-order valence-corrected chi connectivity index (χ0v) is 12.9. The van der Waals surface area contributed by atoms with Crippen LogP contribution in [-0.2, 0) is 4.79 Å². The molecule has 4 heteroatoms. The molecule has 0 bridgehead atoms. The normalized spacial score (nSPS) is 13.7. The second kappa shape index (κ2) is 7.90. The molecule has 0 spiro atoms. The fraction of sp³-hybridized carbons (Fsp3) is 0.562. The Bertz CT molecular complexity index is 413. The van der Waals surface area contributed by atoms with Crippen LogP contribution in [0.3, 0.4) is 0 Å². The first kappa shape index (κ1) is 16.5. The third kappa shape index (κ3) is 4.23. The highest BCUT2D eigenvalue weighted by Crippen LogP contribution is 2.19. The molecule has 0 saturated heterocycles. The zero-order chi connectivity index (χ0) is 15.1. The number of carbonyl (C=O) groups is 1. The van der Waals surface area contributed by atoms with Crippen molar-refractivity contribution in [3.63, 3.8) is 0 Å². The van der Waals surface area contributed by atoms with Crippen molar-refractivity contribution in [3.05, 3.63) is 29.8 Å². The maximum atomic E-state index is 12.1. The molecule has 0 saturated carbocycles. The van der Waals surface area contributed by atoms with Crippen LogP contribution in [-0.4, -0.2) is 30.0 Å². The molecule has 1 unspecified atom stereocenters. The second-order valence-corrected chi connectivity index (χ2v) is 4.85. The lowest BCUT2D eigenvalue weighted by Crippen LogP contribution is -2.40. The summed E-state index contributed by atoms with van der Waals surface area (Å²) in [6, 6.07) is 7.71.